The molecule has 1 fully saturated rings. The minimum absolute atomic E-state index is 0.118. The van der Waals surface area contributed by atoms with E-state index in [0.717, 1.165) is 5.56 Å². The fourth-order valence-electron chi connectivity index (χ4n) is 2.89. The van der Waals surface area contributed by atoms with Crippen LogP contribution < -0.4 is 15.4 Å². The topological polar surface area (TPSA) is 87.7 Å². The molecule has 27 heavy (non-hydrogen) atoms. The van der Waals surface area contributed by atoms with Crippen molar-refractivity contribution in [3.05, 3.63) is 60.2 Å². The standard InChI is InChI=1S/C20H21N3O4/c1-27-16-9-5-8-15(12-16)21-18(24)11-10-17-19(25)23(20(26)22-17)13-14-6-3-2-4-7-14/h2-9,12,17H,10-11,13H2,1H3,(H,21,24)(H,22,26). The molecule has 0 spiro atoms. The number of urea groups is 1. The maximum Gasteiger partial charge on any atom is 0.325 e. The van der Waals surface area contributed by atoms with Gasteiger partial charge >= 0.3 is 6.03 Å². The molecule has 2 aromatic carbocycles. The zero-order valence-corrected chi connectivity index (χ0v) is 15.0. The maximum absolute atomic E-state index is 12.5. The van der Waals surface area contributed by atoms with E-state index in [-0.39, 0.29) is 31.2 Å². The number of anilines is 1. The van der Waals surface area contributed by atoms with Crippen molar-refractivity contribution in [2.75, 3.05) is 12.4 Å². The molecule has 0 bridgehead atoms. The second kappa shape index (κ2) is 8.35. The first-order valence-electron chi connectivity index (χ1n) is 8.66. The lowest BCUT2D eigenvalue weighted by Gasteiger charge is -2.13. The van der Waals surface area contributed by atoms with Gasteiger partial charge in [-0.05, 0) is 24.1 Å². The van der Waals surface area contributed by atoms with Gasteiger partial charge in [-0.2, -0.15) is 0 Å². The molecule has 1 aliphatic rings. The number of carbonyl (C=O) groups is 3. The Morgan fingerprint density at radius 1 is 1.15 bits per heavy atom. The highest BCUT2D eigenvalue weighted by Crippen LogP contribution is 2.18. The lowest BCUT2D eigenvalue weighted by atomic mass is 10.1. The minimum atomic E-state index is -0.683. The van der Waals surface area contributed by atoms with Gasteiger partial charge in [-0.25, -0.2) is 4.79 Å². The average molecular weight is 367 g/mol. The largest absolute Gasteiger partial charge is 0.497 e. The first kappa shape index (κ1) is 18.4. The van der Waals surface area contributed by atoms with Gasteiger partial charge in [-0.3, -0.25) is 14.5 Å². The highest BCUT2D eigenvalue weighted by atomic mass is 16.5. The summed E-state index contributed by atoms with van der Waals surface area (Å²) in [6.45, 7) is 0.220. The van der Waals surface area contributed by atoms with Gasteiger partial charge in [0.2, 0.25) is 5.91 Å². The molecule has 2 N–H and O–H groups in total. The molecule has 0 aliphatic carbocycles. The summed E-state index contributed by atoms with van der Waals surface area (Å²) < 4.78 is 5.12. The first-order valence-corrected chi connectivity index (χ1v) is 8.66. The third kappa shape index (κ3) is 4.63. The van der Waals surface area contributed by atoms with Crippen LogP contribution in [0.3, 0.4) is 0 Å². The van der Waals surface area contributed by atoms with Gasteiger partial charge in [0, 0.05) is 18.2 Å². The third-order valence-corrected chi connectivity index (χ3v) is 4.30. The van der Waals surface area contributed by atoms with Crippen LogP contribution in [0.4, 0.5) is 10.5 Å². The smallest absolute Gasteiger partial charge is 0.325 e. The van der Waals surface area contributed by atoms with Gasteiger partial charge < -0.3 is 15.4 Å². The molecule has 1 saturated heterocycles. The van der Waals surface area contributed by atoms with Crippen molar-refractivity contribution in [3.63, 3.8) is 0 Å². The molecule has 0 aromatic heterocycles. The Kier molecular flexibility index (Phi) is 5.71. The van der Waals surface area contributed by atoms with Crippen LogP contribution in [-0.2, 0) is 16.1 Å². The van der Waals surface area contributed by atoms with E-state index in [4.69, 9.17) is 4.74 Å². The van der Waals surface area contributed by atoms with Crippen molar-refractivity contribution in [2.24, 2.45) is 0 Å². The normalized spacial score (nSPS) is 16.2. The lowest BCUT2D eigenvalue weighted by molar-refractivity contribution is -0.128. The fourth-order valence-corrected chi connectivity index (χ4v) is 2.89. The monoisotopic (exact) mass is 367 g/mol. The molecule has 0 radical (unpaired) electrons. The molecule has 1 heterocycles. The molecule has 140 valence electrons. The van der Waals surface area contributed by atoms with Crippen LogP contribution in [0.15, 0.2) is 54.6 Å². The summed E-state index contributed by atoms with van der Waals surface area (Å²) in [5.41, 5.74) is 1.49. The molecular weight excluding hydrogens is 346 g/mol. The van der Waals surface area contributed by atoms with Gasteiger partial charge in [-0.15, -0.1) is 0 Å². The van der Waals surface area contributed by atoms with E-state index >= 15 is 0 Å². The van der Waals surface area contributed by atoms with Crippen molar-refractivity contribution in [1.29, 1.82) is 0 Å². The number of amides is 4. The predicted molar refractivity (Wildman–Crippen MR) is 100 cm³/mol. The first-order chi connectivity index (χ1) is 13.1. The molecule has 0 saturated carbocycles. The molecule has 3 rings (SSSR count). The third-order valence-electron chi connectivity index (χ3n) is 4.30. The zero-order chi connectivity index (χ0) is 19.2. The second-order valence-electron chi connectivity index (χ2n) is 6.23. The summed E-state index contributed by atoms with van der Waals surface area (Å²) in [6.07, 6.45) is 0.360. The van der Waals surface area contributed by atoms with Gasteiger partial charge in [0.15, 0.2) is 0 Å². The molecular formula is C20H21N3O4. The van der Waals surface area contributed by atoms with Crippen LogP contribution in [0.25, 0.3) is 0 Å². The number of nitrogens with zero attached hydrogens (tertiary/aromatic N) is 1. The van der Waals surface area contributed by atoms with Crippen LogP contribution in [0.5, 0.6) is 5.75 Å². The van der Waals surface area contributed by atoms with Crippen LogP contribution in [-0.4, -0.2) is 35.9 Å². The zero-order valence-electron chi connectivity index (χ0n) is 15.0. The summed E-state index contributed by atoms with van der Waals surface area (Å²) in [4.78, 5) is 37.9. The van der Waals surface area contributed by atoms with Crippen LogP contribution >= 0.6 is 0 Å². The molecule has 7 nitrogen and oxygen atoms in total. The van der Waals surface area contributed by atoms with Crippen molar-refractivity contribution in [3.8, 4) is 5.75 Å². The highest BCUT2D eigenvalue weighted by molar-refractivity contribution is 6.04. The van der Waals surface area contributed by atoms with Crippen LogP contribution in [0.2, 0.25) is 0 Å². The van der Waals surface area contributed by atoms with Gasteiger partial charge in [0.25, 0.3) is 5.91 Å². The fraction of sp³-hybridized carbons (Fsp3) is 0.250. The molecule has 1 atom stereocenters. The van der Waals surface area contributed by atoms with E-state index in [9.17, 15) is 14.4 Å². The number of carbonyl (C=O) groups excluding carboxylic acids is 3. The Balaban J connectivity index is 1.52. The number of hydrogen-bond acceptors (Lipinski definition) is 4. The average Bonchev–Trinajstić information content (AvgIpc) is 2.95. The summed E-state index contributed by atoms with van der Waals surface area (Å²) in [7, 11) is 1.55. The predicted octanol–water partition coefficient (Wildman–Crippen LogP) is 2.53. The van der Waals surface area contributed by atoms with Gasteiger partial charge in [-0.1, -0.05) is 36.4 Å². The van der Waals surface area contributed by atoms with Crippen molar-refractivity contribution in [2.45, 2.75) is 25.4 Å². The van der Waals surface area contributed by atoms with E-state index in [2.05, 4.69) is 10.6 Å². The van der Waals surface area contributed by atoms with E-state index in [1.807, 2.05) is 30.3 Å². The Labute approximate surface area is 157 Å². The number of benzene rings is 2. The second-order valence-corrected chi connectivity index (χ2v) is 6.23. The quantitative estimate of drug-likeness (QED) is 0.736. The molecule has 1 unspecified atom stereocenters. The van der Waals surface area contributed by atoms with E-state index in [1.54, 1.807) is 31.4 Å². The number of imide groups is 1. The Bertz CT molecular complexity index is 838. The number of nitrogens with one attached hydrogen (secondary N) is 2. The maximum atomic E-state index is 12.5. The molecule has 4 amide bonds. The summed E-state index contributed by atoms with van der Waals surface area (Å²) in [5, 5.41) is 5.41. The lowest BCUT2D eigenvalue weighted by Crippen LogP contribution is -2.31. The Hall–Kier alpha value is -3.35. The van der Waals surface area contributed by atoms with Gasteiger partial charge in [0.05, 0.1) is 13.7 Å². The molecule has 2 aromatic rings. The highest BCUT2D eigenvalue weighted by Gasteiger charge is 2.37. The number of hydrogen-bond donors (Lipinski definition) is 2. The number of ether oxygens (including phenoxy) is 1. The van der Waals surface area contributed by atoms with Crippen LogP contribution in [0, 0.1) is 0 Å². The molecule has 1 aliphatic heterocycles. The molecule has 7 heteroatoms. The number of methoxy groups -OCH3 is 1. The minimum Gasteiger partial charge on any atom is -0.497 e. The summed E-state index contributed by atoms with van der Waals surface area (Å²) >= 11 is 0. The SMILES string of the molecule is COc1cccc(NC(=O)CCC2NC(=O)N(Cc3ccccc3)C2=O)c1. The van der Waals surface area contributed by atoms with Gasteiger partial charge in [0.1, 0.15) is 11.8 Å². The van der Waals surface area contributed by atoms with E-state index in [0.29, 0.717) is 11.4 Å². The van der Waals surface area contributed by atoms with Crippen molar-refractivity contribution in [1.82, 2.24) is 10.2 Å². The summed E-state index contributed by atoms with van der Waals surface area (Å²) in [5.74, 6) is 0.104. The van der Waals surface area contributed by atoms with Crippen molar-refractivity contribution < 1.29 is 19.1 Å². The number of rotatable bonds is 7. The van der Waals surface area contributed by atoms with E-state index < -0.39 is 12.1 Å². The van der Waals surface area contributed by atoms with Crippen LogP contribution in [0.1, 0.15) is 18.4 Å². The van der Waals surface area contributed by atoms with E-state index in [1.165, 1.54) is 4.90 Å². The Morgan fingerprint density at radius 2 is 1.93 bits per heavy atom. The Morgan fingerprint density at radius 3 is 2.67 bits per heavy atom. The van der Waals surface area contributed by atoms with Crippen molar-refractivity contribution >= 4 is 23.5 Å². The summed E-state index contributed by atoms with van der Waals surface area (Å²) in [6, 6.07) is 15.2.